The minimum atomic E-state index is 0.439. The molecule has 0 nitrogen and oxygen atoms in total. The summed E-state index contributed by atoms with van der Waals surface area (Å²) in [5, 5.41) is 0. The molecule has 0 heterocycles. The Morgan fingerprint density at radius 1 is 1.00 bits per heavy atom. The van der Waals surface area contributed by atoms with Crippen LogP contribution in [0.25, 0.3) is 0 Å². The van der Waals surface area contributed by atoms with Gasteiger partial charge >= 0.3 is 0 Å². The third-order valence-corrected chi connectivity index (χ3v) is 6.41. The molecule has 0 aliphatic heterocycles. The molecule has 0 heteroatoms. The van der Waals surface area contributed by atoms with E-state index >= 15 is 0 Å². The van der Waals surface area contributed by atoms with E-state index in [1.54, 1.807) is 5.56 Å². The molecule has 3 fully saturated rings. The van der Waals surface area contributed by atoms with E-state index in [1.165, 1.54) is 31.2 Å². The summed E-state index contributed by atoms with van der Waals surface area (Å²) in [4.78, 5) is 0. The van der Waals surface area contributed by atoms with Crippen molar-refractivity contribution in [1.29, 1.82) is 0 Å². The fraction of sp³-hybridized carbons (Fsp3) is 0.667. The highest BCUT2D eigenvalue weighted by atomic mass is 14.7. The van der Waals surface area contributed by atoms with Crippen molar-refractivity contribution in [3.05, 3.63) is 35.4 Å². The summed E-state index contributed by atoms with van der Waals surface area (Å²) in [5.41, 5.74) is 4.08. The predicted molar refractivity (Wildman–Crippen MR) is 75.6 cm³/mol. The molecule has 0 N–H and O–H groups in total. The second kappa shape index (κ2) is 3.21. The van der Waals surface area contributed by atoms with Crippen LogP contribution in [-0.4, -0.2) is 0 Å². The minimum absolute atomic E-state index is 0.439. The lowest BCUT2D eigenvalue weighted by molar-refractivity contribution is -0.203. The molecule has 1 aromatic rings. The molecule has 96 valence electrons. The summed E-state index contributed by atoms with van der Waals surface area (Å²) in [6, 6.07) is 9.35. The third kappa shape index (κ3) is 1.27. The Kier molecular flexibility index (Phi) is 1.98. The Balaban J connectivity index is 1.69. The fourth-order valence-electron chi connectivity index (χ4n) is 5.91. The largest absolute Gasteiger partial charge is 0.0593 e. The van der Waals surface area contributed by atoms with Crippen molar-refractivity contribution in [2.24, 2.45) is 23.2 Å². The molecular formula is C18H24. The molecule has 0 amide bonds. The van der Waals surface area contributed by atoms with Crippen LogP contribution in [0.1, 0.15) is 50.7 Å². The van der Waals surface area contributed by atoms with Gasteiger partial charge in [-0.2, -0.15) is 0 Å². The van der Waals surface area contributed by atoms with Crippen molar-refractivity contribution >= 4 is 0 Å². The molecule has 1 aromatic carbocycles. The van der Waals surface area contributed by atoms with Crippen LogP contribution in [0, 0.1) is 30.1 Å². The van der Waals surface area contributed by atoms with Gasteiger partial charge in [-0.15, -0.1) is 0 Å². The van der Waals surface area contributed by atoms with Gasteiger partial charge in [-0.1, -0.05) is 43.7 Å². The highest BCUT2D eigenvalue weighted by molar-refractivity contribution is 5.31. The average molecular weight is 240 g/mol. The molecule has 3 aliphatic carbocycles. The number of benzene rings is 1. The van der Waals surface area contributed by atoms with Gasteiger partial charge < -0.3 is 0 Å². The van der Waals surface area contributed by atoms with E-state index in [9.17, 15) is 0 Å². The van der Waals surface area contributed by atoms with Gasteiger partial charge in [-0.3, -0.25) is 0 Å². The molecule has 0 bridgehead atoms. The molecule has 5 unspecified atom stereocenters. The molecule has 3 saturated carbocycles. The molecular weight excluding hydrogens is 216 g/mol. The zero-order valence-corrected chi connectivity index (χ0v) is 11.9. The lowest BCUT2D eigenvalue weighted by Crippen LogP contribution is -2.64. The first-order valence-electron chi connectivity index (χ1n) is 7.57. The Labute approximate surface area is 111 Å². The first-order chi connectivity index (χ1) is 8.50. The van der Waals surface area contributed by atoms with Gasteiger partial charge in [-0.25, -0.2) is 0 Å². The summed E-state index contributed by atoms with van der Waals surface area (Å²) in [7, 11) is 0. The molecule has 0 spiro atoms. The highest BCUT2D eigenvalue weighted by Gasteiger charge is 2.65. The van der Waals surface area contributed by atoms with Crippen molar-refractivity contribution in [3.8, 4) is 0 Å². The van der Waals surface area contributed by atoms with Crippen LogP contribution in [0.5, 0.6) is 0 Å². The molecule has 5 atom stereocenters. The summed E-state index contributed by atoms with van der Waals surface area (Å²) in [5.74, 6) is 3.24. The monoisotopic (exact) mass is 240 g/mol. The third-order valence-electron chi connectivity index (χ3n) is 6.41. The van der Waals surface area contributed by atoms with E-state index in [4.69, 9.17) is 0 Å². The zero-order valence-electron chi connectivity index (χ0n) is 11.9. The van der Waals surface area contributed by atoms with Crippen molar-refractivity contribution in [2.75, 3.05) is 0 Å². The first-order valence-corrected chi connectivity index (χ1v) is 7.57. The maximum atomic E-state index is 2.56. The maximum absolute atomic E-state index is 2.56. The van der Waals surface area contributed by atoms with E-state index in [2.05, 4.69) is 45.0 Å². The Morgan fingerprint density at radius 2 is 1.67 bits per heavy atom. The topological polar surface area (TPSA) is 0 Å². The Hall–Kier alpha value is -0.780. The smallest absolute Gasteiger partial charge is 0.00672 e. The quantitative estimate of drug-likeness (QED) is 0.667. The summed E-state index contributed by atoms with van der Waals surface area (Å²) < 4.78 is 0. The van der Waals surface area contributed by atoms with Crippen LogP contribution >= 0.6 is 0 Å². The van der Waals surface area contributed by atoms with Gasteiger partial charge in [0.25, 0.3) is 0 Å². The van der Waals surface area contributed by atoms with Gasteiger partial charge in [0.2, 0.25) is 0 Å². The van der Waals surface area contributed by atoms with E-state index in [1.807, 2.05) is 0 Å². The van der Waals surface area contributed by atoms with Crippen LogP contribution < -0.4 is 0 Å². The van der Waals surface area contributed by atoms with Gasteiger partial charge in [-0.05, 0) is 66.8 Å². The summed E-state index contributed by atoms with van der Waals surface area (Å²) in [6.45, 7) is 7.27. The standard InChI is InChI=1S/C18H24/c1-12-4-6-15(7-5-12)17(2)9-13-8-14-10-18(3,11-17)16(13)14/h4-7,13-14,16H,8-11H2,1-3H3. The molecule has 3 aliphatic rings. The number of hydrogen-bond donors (Lipinski definition) is 0. The number of aryl methyl sites for hydroxylation is 1. The van der Waals surface area contributed by atoms with Crippen molar-refractivity contribution in [1.82, 2.24) is 0 Å². The minimum Gasteiger partial charge on any atom is -0.0593 e. The van der Waals surface area contributed by atoms with E-state index in [0.717, 1.165) is 17.8 Å². The second-order valence-electron chi connectivity index (χ2n) is 7.95. The van der Waals surface area contributed by atoms with Crippen LogP contribution in [0.4, 0.5) is 0 Å². The SMILES string of the molecule is Cc1ccc(C2(C)CC3CC4CC(C)(C2)C34)cc1. The van der Waals surface area contributed by atoms with E-state index in [0.29, 0.717) is 10.8 Å². The van der Waals surface area contributed by atoms with E-state index < -0.39 is 0 Å². The van der Waals surface area contributed by atoms with Crippen LogP contribution in [0.2, 0.25) is 0 Å². The van der Waals surface area contributed by atoms with E-state index in [-0.39, 0.29) is 0 Å². The molecule has 18 heavy (non-hydrogen) atoms. The Bertz CT molecular complexity index is 485. The normalized spacial score (nSPS) is 48.9. The average Bonchev–Trinajstić information content (AvgIpc) is 2.24. The number of hydrogen-bond acceptors (Lipinski definition) is 0. The van der Waals surface area contributed by atoms with Crippen molar-refractivity contribution in [2.45, 2.75) is 51.9 Å². The molecule has 0 saturated heterocycles. The lowest BCUT2D eigenvalue weighted by atomic mass is 9.34. The van der Waals surface area contributed by atoms with Gasteiger partial charge in [0.1, 0.15) is 0 Å². The summed E-state index contributed by atoms with van der Waals surface area (Å²) in [6.07, 6.45) is 5.89. The van der Waals surface area contributed by atoms with Crippen molar-refractivity contribution in [3.63, 3.8) is 0 Å². The van der Waals surface area contributed by atoms with Gasteiger partial charge in [0.15, 0.2) is 0 Å². The van der Waals surface area contributed by atoms with Crippen LogP contribution in [0.15, 0.2) is 24.3 Å². The van der Waals surface area contributed by atoms with Crippen LogP contribution in [0.3, 0.4) is 0 Å². The number of rotatable bonds is 1. The highest BCUT2D eigenvalue weighted by Crippen LogP contribution is 2.73. The fourth-order valence-corrected chi connectivity index (χ4v) is 5.91. The second-order valence-corrected chi connectivity index (χ2v) is 7.95. The molecule has 4 rings (SSSR count). The van der Waals surface area contributed by atoms with Gasteiger partial charge in [0, 0.05) is 0 Å². The van der Waals surface area contributed by atoms with Crippen LogP contribution in [-0.2, 0) is 5.41 Å². The lowest BCUT2D eigenvalue weighted by Gasteiger charge is -2.71. The maximum Gasteiger partial charge on any atom is -0.00672 e. The Morgan fingerprint density at radius 3 is 2.28 bits per heavy atom. The van der Waals surface area contributed by atoms with Gasteiger partial charge in [0.05, 0.1) is 0 Å². The first kappa shape index (κ1) is 11.1. The summed E-state index contributed by atoms with van der Waals surface area (Å²) >= 11 is 0. The zero-order chi connectivity index (χ0) is 12.5. The predicted octanol–water partition coefficient (Wildman–Crippen LogP) is 4.71. The molecule has 0 aromatic heterocycles. The molecule has 0 radical (unpaired) electrons. The van der Waals surface area contributed by atoms with Crippen molar-refractivity contribution < 1.29 is 0 Å².